The van der Waals surface area contributed by atoms with E-state index in [4.69, 9.17) is 20.1 Å². The number of anilines is 4. The summed E-state index contributed by atoms with van der Waals surface area (Å²) in [6, 6.07) is 12.2. The number of para-hydroxylation sites is 3. The second-order valence-corrected chi connectivity index (χ2v) is 19.0. The maximum absolute atomic E-state index is 18.2. The third-order valence-corrected chi connectivity index (χ3v) is 12.6. The topological polar surface area (TPSA) is 24.3 Å². The molecule has 1 aliphatic rings. The molecule has 0 saturated heterocycles. The number of rotatable bonds is 8. The van der Waals surface area contributed by atoms with Crippen molar-refractivity contribution < 1.29 is 32.1 Å². The summed E-state index contributed by atoms with van der Waals surface area (Å²) in [5.41, 5.74) is -2.84. The van der Waals surface area contributed by atoms with Crippen LogP contribution in [0.4, 0.5) is 31.5 Å². The predicted molar refractivity (Wildman–Crippen MR) is 284 cm³/mol. The molecule has 340 valence electrons. The number of nitrogens with zero attached hydrogens (tertiary/aromatic N) is 4. The SMILES string of the molecule is [2H]c1c([2H])c([2H])c(-c2c([2H])c(-c3c([2H])c([2H])c([2H])c([2H])c3[2H])c(N3CN(c4cc(C(C)(C)C)cc(C(F)(F)c5ccc6c7ccccc7n(-c7cc(C(C)(C)C)ccn7)c6c5)c4)c4ccccc43)c(-c3c([2H])c([2H])c([2H])c([2H])c3[2H])c2[2H])c([2H])c1[2H]. The lowest BCUT2D eigenvalue weighted by atomic mass is 9.84. The predicted octanol–water partition coefficient (Wildman–Crippen LogP) is 17.2. The van der Waals surface area contributed by atoms with Gasteiger partial charge >= 0.3 is 0 Å². The molecule has 0 N–H and O–H groups in total. The van der Waals surface area contributed by atoms with Crippen molar-refractivity contribution in [3.63, 3.8) is 0 Å². The van der Waals surface area contributed by atoms with Crippen LogP contribution in [0.1, 0.15) is 87.1 Å². The van der Waals surface area contributed by atoms with Crippen molar-refractivity contribution >= 4 is 44.6 Å². The van der Waals surface area contributed by atoms with E-state index < -0.39 is 165 Å². The average molecular weight is 922 g/mol. The Morgan fingerprint density at radius 3 is 1.67 bits per heavy atom. The van der Waals surface area contributed by atoms with Crippen LogP contribution in [0.3, 0.4) is 0 Å². The normalized spacial score (nSPS) is 16.6. The highest BCUT2D eigenvalue weighted by Gasteiger charge is 2.38. The first kappa shape index (κ1) is 28.5. The van der Waals surface area contributed by atoms with Crippen molar-refractivity contribution in [1.82, 2.24) is 9.55 Å². The molecule has 2 aromatic heterocycles. The van der Waals surface area contributed by atoms with Crippen LogP contribution in [0.15, 0.2) is 206 Å². The van der Waals surface area contributed by atoms with Crippen molar-refractivity contribution in [1.29, 1.82) is 0 Å². The molecule has 0 aliphatic carbocycles. The number of aromatic nitrogens is 2. The van der Waals surface area contributed by atoms with E-state index >= 15 is 8.78 Å². The van der Waals surface area contributed by atoms with Gasteiger partial charge in [0.1, 0.15) is 12.5 Å². The van der Waals surface area contributed by atoms with Gasteiger partial charge in [-0.15, -0.1) is 0 Å². The van der Waals surface area contributed by atoms with Crippen LogP contribution in [0.5, 0.6) is 0 Å². The van der Waals surface area contributed by atoms with Crippen LogP contribution in [0, 0.1) is 0 Å². The van der Waals surface area contributed by atoms with Crippen LogP contribution in [0.25, 0.3) is 61.0 Å². The molecule has 0 fully saturated rings. The molecule has 0 saturated carbocycles. The Balaban J connectivity index is 1.20. The number of alkyl halides is 2. The third kappa shape index (κ3) is 7.84. The van der Waals surface area contributed by atoms with E-state index in [1.807, 2.05) is 61.7 Å². The Labute approximate surface area is 427 Å². The van der Waals surface area contributed by atoms with E-state index in [0.29, 0.717) is 22.6 Å². The van der Waals surface area contributed by atoms with Crippen LogP contribution >= 0.6 is 0 Å². The lowest BCUT2D eigenvalue weighted by Crippen LogP contribution is -2.26. The van der Waals surface area contributed by atoms with Crippen LogP contribution < -0.4 is 9.80 Å². The molecule has 0 unspecified atom stereocenters. The van der Waals surface area contributed by atoms with Gasteiger partial charge in [0.25, 0.3) is 5.92 Å². The molecule has 8 aromatic carbocycles. The lowest BCUT2D eigenvalue weighted by Gasteiger charge is -2.30. The monoisotopic (exact) mass is 922 g/mol. The van der Waals surface area contributed by atoms with E-state index in [9.17, 15) is 8.22 Å². The first-order valence-corrected chi connectivity index (χ1v) is 22.4. The summed E-state index contributed by atoms with van der Waals surface area (Å²) in [5, 5.41) is 1.55. The number of benzene rings is 8. The molecule has 69 heavy (non-hydrogen) atoms. The number of hydrogen-bond donors (Lipinski definition) is 0. The Bertz CT molecular complexity index is 4380. The number of fused-ring (bicyclic) bond motifs is 4. The van der Waals surface area contributed by atoms with E-state index in [-0.39, 0.29) is 22.4 Å². The Kier molecular flexibility index (Phi) is 6.91. The highest BCUT2D eigenvalue weighted by molar-refractivity contribution is 6.09. The van der Waals surface area contributed by atoms with Gasteiger partial charge in [-0.25, -0.2) is 4.98 Å². The highest BCUT2D eigenvalue weighted by Crippen LogP contribution is 2.52. The quantitative estimate of drug-likeness (QED) is 0.152. The maximum atomic E-state index is 18.2. The lowest BCUT2D eigenvalue weighted by molar-refractivity contribution is 0.0428. The molecule has 0 bridgehead atoms. The average Bonchev–Trinajstić information content (AvgIpc) is 1.16. The van der Waals surface area contributed by atoms with Crippen molar-refractivity contribution in [2.75, 3.05) is 16.5 Å². The summed E-state index contributed by atoms with van der Waals surface area (Å²) >= 11 is 0. The molecule has 10 aromatic rings. The molecule has 0 amide bonds. The summed E-state index contributed by atoms with van der Waals surface area (Å²) in [5.74, 6) is -3.16. The molecular weight excluding hydrogens is 851 g/mol. The van der Waals surface area contributed by atoms with E-state index in [1.165, 1.54) is 29.2 Å². The van der Waals surface area contributed by atoms with Crippen molar-refractivity contribution in [3.8, 4) is 39.2 Å². The minimum Gasteiger partial charge on any atom is -0.321 e. The van der Waals surface area contributed by atoms with E-state index in [0.717, 1.165) is 21.9 Å². The fraction of sp³-hybridized carbons (Fsp3) is 0.159. The minimum atomic E-state index is -3.70. The smallest absolute Gasteiger partial charge is 0.298 e. The van der Waals surface area contributed by atoms with E-state index in [1.54, 1.807) is 47.5 Å². The van der Waals surface area contributed by atoms with Crippen LogP contribution in [0.2, 0.25) is 0 Å². The fourth-order valence-corrected chi connectivity index (χ4v) is 9.00. The first-order chi connectivity index (χ1) is 40.3. The standard InChI is InChI=1S/C63H54F2N4/c1-61(2,3)46-32-33-66-59(40-46)69-55-27-17-16-26-51(55)52-31-30-47(39-58(52)69)63(64,65)49-36-48(62(4,5)6)37-50(38-49)67-41-68(57-29-19-18-28-56(57)67)60-53(43-22-12-8-13-23-43)34-45(42-20-10-7-11-21-42)35-54(60)44-24-14-9-15-25-44/h7-40H,41H2,1-6H3/i7D,8D,9D,10D,11D,12D,13D,14D,15D,20D,21D,22D,23D,24D,25D,34D,35D. The molecule has 3 heterocycles. The molecule has 11 rings (SSSR count). The zero-order valence-electron chi connectivity index (χ0n) is 55.6. The Morgan fingerprint density at radius 1 is 0.493 bits per heavy atom. The van der Waals surface area contributed by atoms with Crippen LogP contribution in [-0.2, 0) is 16.8 Å². The number of halogens is 2. The molecule has 6 heteroatoms. The molecule has 0 spiro atoms. The third-order valence-electron chi connectivity index (χ3n) is 12.6. The Hall–Kier alpha value is -7.83. The summed E-state index contributed by atoms with van der Waals surface area (Å²) in [6.45, 7) is 11.4. The summed E-state index contributed by atoms with van der Waals surface area (Å²) in [6.07, 6.45) is 1.70. The first-order valence-electron chi connectivity index (χ1n) is 30.9. The molecular formula is C63H54F2N4. The highest BCUT2D eigenvalue weighted by atomic mass is 19.3. The van der Waals surface area contributed by atoms with E-state index in [2.05, 4.69) is 20.8 Å². The fourth-order valence-electron chi connectivity index (χ4n) is 9.00. The summed E-state index contributed by atoms with van der Waals surface area (Å²) in [7, 11) is 0. The Morgan fingerprint density at radius 2 is 1.04 bits per heavy atom. The van der Waals surface area contributed by atoms with Crippen LogP contribution in [-0.4, -0.2) is 16.2 Å². The summed E-state index contributed by atoms with van der Waals surface area (Å²) in [4.78, 5) is 7.82. The van der Waals surface area contributed by atoms with Gasteiger partial charge in [-0.1, -0.05) is 175 Å². The van der Waals surface area contributed by atoms with Crippen molar-refractivity contribution in [3.05, 3.63) is 228 Å². The zero-order chi connectivity index (χ0) is 62.5. The number of hydrogen-bond acceptors (Lipinski definition) is 3. The second kappa shape index (κ2) is 16.7. The maximum Gasteiger partial charge on any atom is 0.298 e. The number of pyridine rings is 1. The van der Waals surface area contributed by atoms with Gasteiger partial charge in [-0.3, -0.25) is 4.57 Å². The minimum absolute atomic E-state index is 0.195. The van der Waals surface area contributed by atoms with Gasteiger partial charge in [0, 0.05) is 44.9 Å². The molecule has 4 nitrogen and oxygen atoms in total. The second-order valence-electron chi connectivity index (χ2n) is 19.0. The van der Waals surface area contributed by atoms with Gasteiger partial charge in [-0.05, 0) is 111 Å². The van der Waals surface area contributed by atoms with Crippen molar-refractivity contribution in [2.45, 2.75) is 58.3 Å². The zero-order valence-corrected chi connectivity index (χ0v) is 38.6. The van der Waals surface area contributed by atoms with Gasteiger partial charge in [0.05, 0.1) is 51.4 Å². The van der Waals surface area contributed by atoms with Gasteiger partial charge in [-0.2, -0.15) is 8.78 Å². The largest absolute Gasteiger partial charge is 0.321 e. The molecule has 0 atom stereocenters. The van der Waals surface area contributed by atoms with Crippen molar-refractivity contribution in [2.24, 2.45) is 0 Å². The molecule has 0 radical (unpaired) electrons. The molecule has 1 aliphatic heterocycles. The van der Waals surface area contributed by atoms with Gasteiger partial charge in [0.15, 0.2) is 0 Å². The van der Waals surface area contributed by atoms with Gasteiger partial charge in [0.2, 0.25) is 0 Å². The van der Waals surface area contributed by atoms with Gasteiger partial charge < -0.3 is 9.80 Å². The summed E-state index contributed by atoms with van der Waals surface area (Å²) < 4.78 is 193.